The van der Waals surface area contributed by atoms with Gasteiger partial charge in [0.2, 0.25) is 0 Å². The van der Waals surface area contributed by atoms with Crippen molar-refractivity contribution in [2.45, 2.75) is 32.0 Å². The number of carbonyl (C=O) groups is 1. The highest BCUT2D eigenvalue weighted by atomic mass is 16.6. The summed E-state index contributed by atoms with van der Waals surface area (Å²) in [5.41, 5.74) is -1.01. The van der Waals surface area contributed by atoms with Gasteiger partial charge in [-0.15, -0.1) is 0 Å². The third-order valence-electron chi connectivity index (χ3n) is 2.50. The second kappa shape index (κ2) is 6.36. The zero-order chi connectivity index (χ0) is 13.6. The van der Waals surface area contributed by atoms with Gasteiger partial charge in [0.1, 0.15) is 11.2 Å². The predicted molar refractivity (Wildman–Crippen MR) is 67.7 cm³/mol. The van der Waals surface area contributed by atoms with Crippen molar-refractivity contribution in [2.75, 3.05) is 40.0 Å². The number of methoxy groups -OCH3 is 1. The molecule has 2 N–H and O–H groups in total. The van der Waals surface area contributed by atoms with E-state index in [1.807, 2.05) is 20.8 Å². The summed E-state index contributed by atoms with van der Waals surface area (Å²) in [6, 6.07) is 0. The third-order valence-corrected chi connectivity index (χ3v) is 2.50. The van der Waals surface area contributed by atoms with Crippen LogP contribution in [0.5, 0.6) is 0 Å². The molecule has 0 aromatic carbocycles. The molecule has 0 aliphatic carbocycles. The van der Waals surface area contributed by atoms with E-state index in [9.17, 15) is 4.79 Å². The lowest BCUT2D eigenvalue weighted by atomic mass is 10.0. The van der Waals surface area contributed by atoms with Gasteiger partial charge in [-0.25, -0.2) is 4.79 Å². The number of hydrogen-bond acceptors (Lipinski definition) is 5. The van der Waals surface area contributed by atoms with Crippen LogP contribution < -0.4 is 10.6 Å². The molecule has 18 heavy (non-hydrogen) atoms. The zero-order valence-electron chi connectivity index (χ0n) is 11.7. The molecule has 0 saturated carbocycles. The first-order valence-corrected chi connectivity index (χ1v) is 6.17. The Labute approximate surface area is 108 Å². The van der Waals surface area contributed by atoms with Gasteiger partial charge in [0.15, 0.2) is 0 Å². The largest absolute Gasteiger partial charge is 0.444 e. The molecular formula is C12H24N2O4. The fourth-order valence-electron chi connectivity index (χ4n) is 1.77. The lowest BCUT2D eigenvalue weighted by molar-refractivity contribution is -0.102. The summed E-state index contributed by atoms with van der Waals surface area (Å²) in [6.45, 7) is 8.36. The smallest absolute Gasteiger partial charge is 0.407 e. The van der Waals surface area contributed by atoms with Crippen molar-refractivity contribution in [3.63, 3.8) is 0 Å². The van der Waals surface area contributed by atoms with Gasteiger partial charge in [0.25, 0.3) is 0 Å². The molecule has 1 amide bonds. The average Bonchev–Trinajstić information content (AvgIpc) is 2.26. The Morgan fingerprint density at radius 3 is 2.72 bits per heavy atom. The molecule has 1 aliphatic rings. The van der Waals surface area contributed by atoms with Gasteiger partial charge < -0.3 is 24.8 Å². The Kier molecular flexibility index (Phi) is 5.37. The van der Waals surface area contributed by atoms with Crippen LogP contribution in [-0.2, 0) is 14.2 Å². The molecule has 0 spiro atoms. The van der Waals surface area contributed by atoms with Crippen LogP contribution in [0.3, 0.4) is 0 Å². The predicted octanol–water partition coefficient (Wildman–Crippen LogP) is 0.516. The van der Waals surface area contributed by atoms with E-state index < -0.39 is 17.3 Å². The fourth-order valence-corrected chi connectivity index (χ4v) is 1.77. The normalized spacial score (nSPS) is 24.7. The van der Waals surface area contributed by atoms with Crippen LogP contribution in [0.1, 0.15) is 20.8 Å². The number of ether oxygens (including phenoxy) is 3. The number of rotatable bonds is 4. The Balaban J connectivity index is 2.44. The lowest BCUT2D eigenvalue weighted by Crippen LogP contribution is -2.58. The minimum Gasteiger partial charge on any atom is -0.444 e. The first-order valence-electron chi connectivity index (χ1n) is 6.17. The topological polar surface area (TPSA) is 68.8 Å². The highest BCUT2D eigenvalue weighted by Gasteiger charge is 2.34. The molecule has 0 aromatic heterocycles. The number of nitrogens with one attached hydrogen (secondary N) is 2. The Morgan fingerprint density at radius 1 is 1.50 bits per heavy atom. The van der Waals surface area contributed by atoms with Crippen molar-refractivity contribution in [3.05, 3.63) is 0 Å². The Bertz CT molecular complexity index is 264. The third kappa shape index (κ3) is 5.20. The fraction of sp³-hybridized carbons (Fsp3) is 0.917. The molecule has 106 valence electrons. The van der Waals surface area contributed by atoms with E-state index in [1.165, 1.54) is 0 Å². The van der Waals surface area contributed by atoms with Gasteiger partial charge in [-0.2, -0.15) is 0 Å². The van der Waals surface area contributed by atoms with E-state index in [2.05, 4.69) is 10.6 Å². The van der Waals surface area contributed by atoms with Gasteiger partial charge in [-0.3, -0.25) is 0 Å². The molecule has 6 heteroatoms. The SMILES string of the molecule is COCC1(CNC(=O)OC(C)(C)C)CNCCO1. The van der Waals surface area contributed by atoms with Crippen LogP contribution >= 0.6 is 0 Å². The van der Waals surface area contributed by atoms with Crippen molar-refractivity contribution in [1.82, 2.24) is 10.6 Å². The number of amides is 1. The quantitative estimate of drug-likeness (QED) is 0.771. The molecule has 0 radical (unpaired) electrons. The minimum atomic E-state index is -0.510. The standard InChI is InChI=1S/C12H24N2O4/c1-11(2,3)18-10(15)14-8-12(9-16-4)7-13-5-6-17-12/h13H,5-9H2,1-4H3,(H,14,15). The molecule has 1 rings (SSSR count). The zero-order valence-corrected chi connectivity index (χ0v) is 11.7. The second-order valence-corrected chi connectivity index (χ2v) is 5.50. The van der Waals surface area contributed by atoms with Crippen molar-refractivity contribution in [3.8, 4) is 0 Å². The van der Waals surface area contributed by atoms with Crippen LogP contribution in [0.4, 0.5) is 4.79 Å². The van der Waals surface area contributed by atoms with Gasteiger partial charge in [0.05, 0.1) is 19.8 Å². The summed E-state index contributed by atoms with van der Waals surface area (Å²) < 4.78 is 16.1. The van der Waals surface area contributed by atoms with Crippen molar-refractivity contribution in [2.24, 2.45) is 0 Å². The van der Waals surface area contributed by atoms with Crippen molar-refractivity contribution in [1.29, 1.82) is 0 Å². The van der Waals surface area contributed by atoms with Gasteiger partial charge in [-0.05, 0) is 20.8 Å². The maximum absolute atomic E-state index is 11.6. The lowest BCUT2D eigenvalue weighted by Gasteiger charge is -2.37. The van der Waals surface area contributed by atoms with Gasteiger partial charge in [0, 0.05) is 20.2 Å². The van der Waals surface area contributed by atoms with Crippen LogP contribution in [0.25, 0.3) is 0 Å². The average molecular weight is 260 g/mol. The van der Waals surface area contributed by atoms with Crippen LogP contribution in [0.2, 0.25) is 0 Å². The molecule has 1 unspecified atom stereocenters. The number of hydrogen-bond donors (Lipinski definition) is 2. The van der Waals surface area contributed by atoms with Gasteiger partial charge in [-0.1, -0.05) is 0 Å². The van der Waals surface area contributed by atoms with Crippen LogP contribution in [0, 0.1) is 0 Å². The van der Waals surface area contributed by atoms with E-state index in [-0.39, 0.29) is 0 Å². The minimum absolute atomic E-state index is 0.364. The molecule has 6 nitrogen and oxygen atoms in total. The maximum Gasteiger partial charge on any atom is 0.407 e. The van der Waals surface area contributed by atoms with Crippen LogP contribution in [0.15, 0.2) is 0 Å². The summed E-state index contributed by atoms with van der Waals surface area (Å²) in [5, 5.41) is 5.96. The van der Waals surface area contributed by atoms with E-state index >= 15 is 0 Å². The number of alkyl carbamates (subject to hydrolysis) is 1. The number of morpholine rings is 1. The highest BCUT2D eigenvalue weighted by Crippen LogP contribution is 2.13. The summed E-state index contributed by atoms with van der Waals surface area (Å²) in [7, 11) is 1.62. The molecule has 1 fully saturated rings. The van der Waals surface area contributed by atoms with E-state index in [4.69, 9.17) is 14.2 Å². The molecule has 1 saturated heterocycles. The molecule has 1 aliphatic heterocycles. The monoisotopic (exact) mass is 260 g/mol. The van der Waals surface area contributed by atoms with E-state index in [1.54, 1.807) is 7.11 Å². The molecule has 0 bridgehead atoms. The Morgan fingerprint density at radius 2 is 2.22 bits per heavy atom. The van der Waals surface area contributed by atoms with Gasteiger partial charge >= 0.3 is 6.09 Å². The number of carbonyl (C=O) groups excluding carboxylic acids is 1. The summed E-state index contributed by atoms with van der Waals surface area (Å²) in [4.78, 5) is 11.6. The van der Waals surface area contributed by atoms with Crippen molar-refractivity contribution >= 4 is 6.09 Å². The molecule has 0 aromatic rings. The van der Waals surface area contributed by atoms with E-state index in [0.717, 1.165) is 6.54 Å². The highest BCUT2D eigenvalue weighted by molar-refractivity contribution is 5.67. The summed E-state index contributed by atoms with van der Waals surface area (Å²) >= 11 is 0. The molecular weight excluding hydrogens is 236 g/mol. The first kappa shape index (κ1) is 15.2. The van der Waals surface area contributed by atoms with Crippen molar-refractivity contribution < 1.29 is 19.0 Å². The maximum atomic E-state index is 11.6. The molecule has 1 atom stereocenters. The van der Waals surface area contributed by atoms with Crippen LogP contribution in [-0.4, -0.2) is 57.3 Å². The Hall–Kier alpha value is -0.850. The first-order chi connectivity index (χ1) is 8.37. The second-order valence-electron chi connectivity index (χ2n) is 5.50. The summed E-state index contributed by atoms with van der Waals surface area (Å²) in [5.74, 6) is 0. The van der Waals surface area contributed by atoms with E-state index in [0.29, 0.717) is 26.3 Å². The molecule has 1 heterocycles. The summed E-state index contributed by atoms with van der Waals surface area (Å²) in [6.07, 6.45) is -0.438.